The van der Waals surface area contributed by atoms with Crippen molar-refractivity contribution in [2.45, 2.75) is 21.6 Å². The Morgan fingerprint density at radius 1 is 0.646 bits per heavy atom. The predicted octanol–water partition coefficient (Wildman–Crippen LogP) is 2.77. The maximum Gasteiger partial charge on any atom is 1.00 e. The minimum absolute atomic E-state index is 0. The van der Waals surface area contributed by atoms with Crippen molar-refractivity contribution in [1.82, 2.24) is 0 Å². The number of nitrogens with two attached hydrogens (primary N) is 1. The number of nitrogens with one attached hydrogen (secondary N) is 1. The second kappa shape index (κ2) is 14.3. The fourth-order valence-corrected chi connectivity index (χ4v) is 6.44. The first-order chi connectivity index (χ1) is 22.0. The zero-order valence-electron chi connectivity index (χ0n) is 25.4. The van der Waals surface area contributed by atoms with Crippen LogP contribution in [-0.2, 0) is 30.4 Å². The standard InChI is InChI=1S/C32H27N3O9S3.Na/c1-20-18-23(19-30(32(20)33)47(42,43)44)31(21-2-6-24(7-3-21)34-26-10-14-28(15-11-26)45(36,37)38)22-4-8-25(9-5-22)35-27-12-16-29(17-13-27)46(39,40)41;/h2-19,34H,33H2,1H3,(H,36,37,38)(H,39,40,41)(H,42,43,44);/q;+1. The van der Waals surface area contributed by atoms with Gasteiger partial charge in [0.1, 0.15) is 4.90 Å². The summed E-state index contributed by atoms with van der Waals surface area (Å²) in [5.41, 5.74) is 10.9. The van der Waals surface area contributed by atoms with Crippen LogP contribution in [0.4, 0.5) is 22.7 Å². The van der Waals surface area contributed by atoms with Gasteiger partial charge in [0.25, 0.3) is 30.4 Å². The number of benzene rings is 4. The van der Waals surface area contributed by atoms with E-state index in [-0.39, 0.29) is 45.0 Å². The van der Waals surface area contributed by atoms with E-state index in [4.69, 9.17) is 5.73 Å². The number of allylic oxidation sites excluding steroid dienone is 5. The third-order valence-corrected chi connectivity index (χ3v) is 9.71. The Morgan fingerprint density at radius 2 is 1.12 bits per heavy atom. The Balaban J connectivity index is 0.00000520. The van der Waals surface area contributed by atoms with Crippen LogP contribution in [0.1, 0.15) is 16.7 Å². The van der Waals surface area contributed by atoms with Gasteiger partial charge in [0.15, 0.2) is 0 Å². The second-order valence-corrected chi connectivity index (χ2v) is 14.6. The molecular weight excluding hydrogens is 690 g/mol. The van der Waals surface area contributed by atoms with Gasteiger partial charge in [-0.1, -0.05) is 24.3 Å². The van der Waals surface area contributed by atoms with Crippen LogP contribution in [-0.4, -0.2) is 44.6 Å². The fourth-order valence-electron chi connectivity index (χ4n) is 4.77. The number of hydrogen-bond acceptors (Lipinski definition) is 9. The summed E-state index contributed by atoms with van der Waals surface area (Å²) in [5, 5.41) is 3.14. The maximum atomic E-state index is 12.2. The number of nitrogens with zero attached hydrogens (tertiary/aromatic N) is 1. The Labute approximate surface area is 300 Å². The molecule has 5 rings (SSSR count). The molecule has 0 amide bonds. The van der Waals surface area contributed by atoms with Crippen molar-refractivity contribution < 1.29 is 68.5 Å². The molecule has 0 unspecified atom stereocenters. The third-order valence-electron chi connectivity index (χ3n) is 7.08. The molecule has 1 aliphatic rings. The summed E-state index contributed by atoms with van der Waals surface area (Å²) in [6.07, 6.45) is 6.96. The summed E-state index contributed by atoms with van der Waals surface area (Å²) >= 11 is 0. The van der Waals surface area contributed by atoms with Crippen molar-refractivity contribution >= 4 is 64.4 Å². The summed E-state index contributed by atoms with van der Waals surface area (Å²) in [5.74, 6) is 0. The molecule has 0 heterocycles. The second-order valence-electron chi connectivity index (χ2n) is 10.4. The van der Waals surface area contributed by atoms with Crippen molar-refractivity contribution in [2.24, 2.45) is 4.99 Å². The summed E-state index contributed by atoms with van der Waals surface area (Å²) in [4.78, 5) is 3.55. The van der Waals surface area contributed by atoms with E-state index in [9.17, 15) is 38.9 Å². The fraction of sp³-hybridized carbons (Fsp3) is 0.0312. The van der Waals surface area contributed by atoms with E-state index in [1.54, 1.807) is 61.6 Å². The molecule has 0 spiro atoms. The van der Waals surface area contributed by atoms with E-state index in [0.29, 0.717) is 50.6 Å². The van der Waals surface area contributed by atoms with Crippen molar-refractivity contribution in [2.75, 3.05) is 11.1 Å². The van der Waals surface area contributed by atoms with Gasteiger partial charge in [-0.3, -0.25) is 13.7 Å². The van der Waals surface area contributed by atoms with Gasteiger partial charge in [-0.15, -0.1) is 0 Å². The number of rotatable bonds is 8. The molecule has 0 aliphatic heterocycles. The smallest absolute Gasteiger partial charge is 0.397 e. The monoisotopic (exact) mass is 716 g/mol. The summed E-state index contributed by atoms with van der Waals surface area (Å²) in [6.45, 7) is 1.63. The zero-order chi connectivity index (χ0) is 34.1. The molecule has 12 nitrogen and oxygen atoms in total. The van der Waals surface area contributed by atoms with E-state index in [2.05, 4.69) is 10.3 Å². The van der Waals surface area contributed by atoms with Gasteiger partial charge in [-0.05, 0) is 120 Å². The Morgan fingerprint density at radius 3 is 1.60 bits per heavy atom. The molecule has 0 aromatic heterocycles. The molecular formula is C32H27N3NaO9S3+. The van der Waals surface area contributed by atoms with Crippen LogP contribution >= 0.6 is 0 Å². The minimum atomic E-state index is -4.65. The van der Waals surface area contributed by atoms with Crippen LogP contribution in [0.15, 0.2) is 134 Å². The summed E-state index contributed by atoms with van der Waals surface area (Å²) < 4.78 is 98.0. The first-order valence-corrected chi connectivity index (χ1v) is 17.9. The van der Waals surface area contributed by atoms with E-state index < -0.39 is 35.2 Å². The predicted molar refractivity (Wildman–Crippen MR) is 179 cm³/mol. The van der Waals surface area contributed by atoms with Crippen LogP contribution in [0.5, 0.6) is 0 Å². The van der Waals surface area contributed by atoms with Gasteiger partial charge < -0.3 is 11.1 Å². The normalized spacial score (nSPS) is 13.2. The van der Waals surface area contributed by atoms with Crippen LogP contribution in [0.3, 0.4) is 0 Å². The molecule has 0 radical (unpaired) electrons. The van der Waals surface area contributed by atoms with Crippen LogP contribution in [0, 0.1) is 6.92 Å². The van der Waals surface area contributed by atoms with Crippen molar-refractivity contribution in [3.63, 3.8) is 0 Å². The van der Waals surface area contributed by atoms with Gasteiger partial charge in [0.2, 0.25) is 0 Å². The van der Waals surface area contributed by atoms with Gasteiger partial charge in [0.05, 0.1) is 26.9 Å². The zero-order valence-corrected chi connectivity index (χ0v) is 29.9. The quantitative estimate of drug-likeness (QED) is 0.102. The van der Waals surface area contributed by atoms with E-state index >= 15 is 0 Å². The molecule has 48 heavy (non-hydrogen) atoms. The molecule has 0 fully saturated rings. The average molecular weight is 717 g/mol. The summed E-state index contributed by atoms with van der Waals surface area (Å²) in [6, 6.07) is 21.0. The number of nitrogen functional groups attached to an aromatic ring is 1. The minimum Gasteiger partial charge on any atom is -0.397 e. The number of hydrogen-bond donors (Lipinski definition) is 5. The number of aryl methyl sites for hydroxylation is 1. The van der Waals surface area contributed by atoms with Crippen molar-refractivity contribution in [3.05, 3.63) is 131 Å². The SMILES string of the molecule is Cc1cc(C(=C2C=CC(=Nc3ccc(S(=O)(=O)O)cc3)C=C2)c2ccc(Nc3ccc(S(=O)(=O)O)cc3)cc2)cc(S(=O)(=O)O)c1N.[Na+]. The molecule has 0 saturated carbocycles. The molecule has 4 aromatic rings. The van der Waals surface area contributed by atoms with Crippen LogP contribution in [0.25, 0.3) is 5.57 Å². The van der Waals surface area contributed by atoms with Crippen LogP contribution < -0.4 is 40.6 Å². The molecule has 4 aromatic carbocycles. The molecule has 242 valence electrons. The average Bonchev–Trinajstić information content (AvgIpc) is 3.00. The van der Waals surface area contributed by atoms with Gasteiger partial charge >= 0.3 is 29.6 Å². The number of aliphatic imine (C=N–C) groups is 1. The molecule has 6 N–H and O–H groups in total. The van der Waals surface area contributed by atoms with Crippen molar-refractivity contribution in [1.29, 1.82) is 0 Å². The maximum absolute atomic E-state index is 12.2. The third kappa shape index (κ3) is 8.76. The Hall–Kier alpha value is -3.90. The first kappa shape index (κ1) is 36.9. The van der Waals surface area contributed by atoms with Gasteiger partial charge in [0, 0.05) is 11.4 Å². The molecule has 16 heteroatoms. The van der Waals surface area contributed by atoms with E-state index in [1.165, 1.54) is 54.6 Å². The van der Waals surface area contributed by atoms with E-state index in [1.807, 2.05) is 0 Å². The van der Waals surface area contributed by atoms with Crippen LogP contribution in [0.2, 0.25) is 0 Å². The van der Waals surface area contributed by atoms with E-state index in [0.717, 1.165) is 0 Å². The molecule has 0 saturated heterocycles. The van der Waals surface area contributed by atoms with Gasteiger partial charge in [-0.2, -0.15) is 25.3 Å². The molecule has 0 bridgehead atoms. The number of anilines is 3. The Kier molecular flexibility index (Phi) is 11.0. The largest absolute Gasteiger partial charge is 1.00 e. The molecule has 0 atom stereocenters. The Bertz CT molecular complexity index is 2320. The van der Waals surface area contributed by atoms with Crippen molar-refractivity contribution in [3.8, 4) is 0 Å². The topological polar surface area (TPSA) is 214 Å². The molecule has 1 aliphatic carbocycles. The summed E-state index contributed by atoms with van der Waals surface area (Å²) in [7, 11) is -13.3. The van der Waals surface area contributed by atoms with Gasteiger partial charge in [-0.25, -0.2) is 4.99 Å². The first-order valence-electron chi connectivity index (χ1n) is 13.6.